The summed E-state index contributed by atoms with van der Waals surface area (Å²) in [5.74, 6) is 1.31. The van der Waals surface area contributed by atoms with Crippen LogP contribution in [0.5, 0.6) is 0 Å². The quantitative estimate of drug-likeness (QED) is 0.582. The van der Waals surface area contributed by atoms with Crippen LogP contribution in [-0.4, -0.2) is 66.2 Å². The van der Waals surface area contributed by atoms with Crippen LogP contribution in [0.2, 0.25) is 5.02 Å². The normalized spacial score (nSPS) is 14.2. The lowest BCUT2D eigenvalue weighted by atomic mass is 10.1. The fourth-order valence-corrected chi connectivity index (χ4v) is 3.08. The van der Waals surface area contributed by atoms with E-state index in [2.05, 4.69) is 15.1 Å². The van der Waals surface area contributed by atoms with Gasteiger partial charge in [0.1, 0.15) is 0 Å². The van der Waals surface area contributed by atoms with E-state index in [1.165, 1.54) is 18.2 Å². The van der Waals surface area contributed by atoms with Crippen molar-refractivity contribution in [2.45, 2.75) is 0 Å². The van der Waals surface area contributed by atoms with Gasteiger partial charge in [0.25, 0.3) is 11.6 Å². The number of carbonyl (C=O) groups excluding carboxylic acids is 1. The van der Waals surface area contributed by atoms with E-state index in [0.717, 1.165) is 11.6 Å². The maximum absolute atomic E-state index is 12.7. The lowest BCUT2D eigenvalue weighted by Crippen LogP contribution is -2.49. The van der Waals surface area contributed by atoms with Gasteiger partial charge in [-0.1, -0.05) is 11.6 Å². The average Bonchev–Trinajstić information content (AvgIpc) is 2.67. The van der Waals surface area contributed by atoms with Crippen molar-refractivity contribution in [2.24, 2.45) is 0 Å². The van der Waals surface area contributed by atoms with E-state index in [4.69, 9.17) is 11.6 Å². The van der Waals surface area contributed by atoms with Gasteiger partial charge < -0.3 is 14.7 Å². The van der Waals surface area contributed by atoms with Crippen LogP contribution in [0, 0.1) is 10.1 Å². The van der Waals surface area contributed by atoms with E-state index in [-0.39, 0.29) is 22.2 Å². The summed E-state index contributed by atoms with van der Waals surface area (Å²) in [5.41, 5.74) is 0.131. The Kier molecular flexibility index (Phi) is 5.41. The largest absolute Gasteiger partial charge is 0.361 e. The highest BCUT2D eigenvalue weighted by Gasteiger charge is 2.25. The van der Waals surface area contributed by atoms with Gasteiger partial charge in [-0.2, -0.15) is 0 Å². The van der Waals surface area contributed by atoms with Crippen molar-refractivity contribution in [3.05, 3.63) is 51.0 Å². The summed E-state index contributed by atoms with van der Waals surface area (Å²) in [5, 5.41) is 19.3. The van der Waals surface area contributed by atoms with E-state index in [1.54, 1.807) is 4.90 Å². The third-order valence-electron chi connectivity index (χ3n) is 4.38. The van der Waals surface area contributed by atoms with Crippen molar-refractivity contribution < 1.29 is 9.72 Å². The average molecular weight is 391 g/mol. The zero-order valence-corrected chi connectivity index (χ0v) is 15.8. The highest BCUT2D eigenvalue weighted by molar-refractivity contribution is 6.34. The first-order chi connectivity index (χ1) is 12.9. The Morgan fingerprint density at radius 3 is 2.37 bits per heavy atom. The fraction of sp³-hybridized carbons (Fsp3) is 0.353. The predicted octanol–water partition coefficient (Wildman–Crippen LogP) is 2.07. The Hall–Kier alpha value is -2.94. The number of hydrogen-bond donors (Lipinski definition) is 0. The molecule has 1 amide bonds. The summed E-state index contributed by atoms with van der Waals surface area (Å²) in [4.78, 5) is 28.6. The number of benzene rings is 1. The molecule has 1 aromatic carbocycles. The molecule has 1 aliphatic heterocycles. The maximum atomic E-state index is 12.7. The number of nitrogens with zero attached hydrogens (tertiary/aromatic N) is 6. The number of nitro benzene ring substituents is 1. The van der Waals surface area contributed by atoms with Gasteiger partial charge in [-0.15, -0.1) is 10.2 Å². The van der Waals surface area contributed by atoms with Crippen molar-refractivity contribution in [1.82, 2.24) is 15.1 Å². The minimum atomic E-state index is -0.540. The van der Waals surface area contributed by atoms with E-state index < -0.39 is 4.92 Å². The number of halogens is 1. The van der Waals surface area contributed by atoms with Crippen molar-refractivity contribution in [1.29, 1.82) is 0 Å². The molecule has 0 unspecified atom stereocenters. The molecule has 0 bridgehead atoms. The third kappa shape index (κ3) is 4.08. The molecule has 142 valence electrons. The van der Waals surface area contributed by atoms with Gasteiger partial charge >= 0.3 is 0 Å². The van der Waals surface area contributed by atoms with Crippen LogP contribution < -0.4 is 9.80 Å². The number of rotatable bonds is 4. The smallest absolute Gasteiger partial charge is 0.270 e. The highest BCUT2D eigenvalue weighted by Crippen LogP contribution is 2.24. The van der Waals surface area contributed by atoms with Crippen LogP contribution in [0.15, 0.2) is 30.3 Å². The molecule has 0 radical (unpaired) electrons. The molecule has 0 saturated carbocycles. The maximum Gasteiger partial charge on any atom is 0.270 e. The number of non-ortho nitro benzene ring substituents is 1. The van der Waals surface area contributed by atoms with E-state index in [0.29, 0.717) is 26.2 Å². The van der Waals surface area contributed by atoms with Gasteiger partial charge in [0.05, 0.1) is 15.5 Å². The van der Waals surface area contributed by atoms with Gasteiger partial charge in [0.15, 0.2) is 11.6 Å². The molecule has 2 heterocycles. The Bertz CT molecular complexity index is 850. The van der Waals surface area contributed by atoms with Crippen molar-refractivity contribution in [2.75, 3.05) is 50.1 Å². The van der Waals surface area contributed by atoms with Crippen molar-refractivity contribution >= 4 is 34.8 Å². The molecule has 1 aromatic heterocycles. The topological polar surface area (TPSA) is 95.7 Å². The lowest BCUT2D eigenvalue weighted by Gasteiger charge is -2.35. The molecular formula is C17H19ClN6O3. The molecule has 10 heteroatoms. The molecule has 1 saturated heterocycles. The molecule has 0 N–H and O–H groups in total. The van der Waals surface area contributed by atoms with Crippen LogP contribution in [0.4, 0.5) is 17.3 Å². The van der Waals surface area contributed by atoms with Crippen LogP contribution in [0.25, 0.3) is 0 Å². The monoisotopic (exact) mass is 390 g/mol. The second-order valence-electron chi connectivity index (χ2n) is 6.34. The number of hydrogen-bond acceptors (Lipinski definition) is 7. The number of piperazine rings is 1. The summed E-state index contributed by atoms with van der Waals surface area (Å²) in [6.45, 7) is 2.24. The summed E-state index contributed by atoms with van der Waals surface area (Å²) < 4.78 is 0. The summed E-state index contributed by atoms with van der Waals surface area (Å²) in [6, 6.07) is 7.70. The Morgan fingerprint density at radius 1 is 1.15 bits per heavy atom. The molecule has 3 rings (SSSR count). The molecule has 0 aliphatic carbocycles. The summed E-state index contributed by atoms with van der Waals surface area (Å²) >= 11 is 6.07. The molecule has 9 nitrogen and oxygen atoms in total. The predicted molar refractivity (Wildman–Crippen MR) is 103 cm³/mol. The second-order valence-corrected chi connectivity index (χ2v) is 6.75. The summed E-state index contributed by atoms with van der Waals surface area (Å²) in [6.07, 6.45) is 0. The van der Waals surface area contributed by atoms with E-state index in [9.17, 15) is 14.9 Å². The van der Waals surface area contributed by atoms with Gasteiger partial charge in [-0.3, -0.25) is 14.9 Å². The minimum Gasteiger partial charge on any atom is -0.361 e. The van der Waals surface area contributed by atoms with Crippen LogP contribution in [0.1, 0.15) is 10.4 Å². The summed E-state index contributed by atoms with van der Waals surface area (Å²) in [7, 11) is 3.80. The zero-order chi connectivity index (χ0) is 19.6. The number of carbonyl (C=O) groups is 1. The minimum absolute atomic E-state index is 0.0850. The fourth-order valence-electron chi connectivity index (χ4n) is 2.83. The standard InChI is InChI=1S/C17H19ClN6O3/c1-21(2)15-5-6-16(20-19-15)22-7-9-23(10-8-22)17(25)13-4-3-12(24(26)27)11-14(13)18/h3-6,11H,7-10H2,1-2H3. The molecule has 27 heavy (non-hydrogen) atoms. The van der Waals surface area contributed by atoms with Crippen LogP contribution >= 0.6 is 11.6 Å². The number of nitro groups is 1. The number of aromatic nitrogens is 2. The van der Waals surface area contributed by atoms with Gasteiger partial charge in [-0.05, 0) is 18.2 Å². The zero-order valence-electron chi connectivity index (χ0n) is 15.0. The second kappa shape index (κ2) is 7.75. The Morgan fingerprint density at radius 2 is 1.85 bits per heavy atom. The Labute approximate surface area is 161 Å². The van der Waals surface area contributed by atoms with Gasteiger partial charge in [-0.25, -0.2) is 0 Å². The van der Waals surface area contributed by atoms with Crippen molar-refractivity contribution in [3.63, 3.8) is 0 Å². The van der Waals surface area contributed by atoms with Crippen LogP contribution in [-0.2, 0) is 0 Å². The first kappa shape index (κ1) is 18.8. The molecule has 1 aliphatic rings. The SMILES string of the molecule is CN(C)c1ccc(N2CCN(C(=O)c3ccc([N+](=O)[O-])cc3Cl)CC2)nn1. The first-order valence-corrected chi connectivity index (χ1v) is 8.74. The highest BCUT2D eigenvalue weighted by atomic mass is 35.5. The van der Waals surface area contributed by atoms with Gasteiger partial charge in [0.2, 0.25) is 0 Å². The van der Waals surface area contributed by atoms with Gasteiger partial charge in [0, 0.05) is 52.4 Å². The molecule has 2 aromatic rings. The number of amides is 1. The third-order valence-corrected chi connectivity index (χ3v) is 4.69. The molecule has 0 spiro atoms. The molecular weight excluding hydrogens is 372 g/mol. The lowest BCUT2D eigenvalue weighted by molar-refractivity contribution is -0.384. The molecule has 1 fully saturated rings. The first-order valence-electron chi connectivity index (χ1n) is 8.36. The van der Waals surface area contributed by atoms with E-state index in [1.807, 2.05) is 31.1 Å². The Balaban J connectivity index is 1.65. The van der Waals surface area contributed by atoms with Crippen LogP contribution in [0.3, 0.4) is 0 Å². The van der Waals surface area contributed by atoms with E-state index >= 15 is 0 Å². The number of anilines is 2. The van der Waals surface area contributed by atoms with Crippen molar-refractivity contribution in [3.8, 4) is 0 Å². The molecule has 0 atom stereocenters.